The first kappa shape index (κ1) is 12.5. The van der Waals surface area contributed by atoms with E-state index in [1.807, 2.05) is 0 Å². The third kappa shape index (κ3) is 4.18. The number of carbonyl (C=O) groups excluding carboxylic acids is 1. The number of rotatable bonds is 5. The van der Waals surface area contributed by atoms with Crippen LogP contribution in [0.15, 0.2) is 0 Å². The van der Waals surface area contributed by atoms with Crippen LogP contribution in [0.2, 0.25) is 0 Å². The average Bonchev–Trinajstić information content (AvgIpc) is 2.62. The van der Waals surface area contributed by atoms with Gasteiger partial charge in [-0.05, 0) is 25.3 Å². The molecular formula is C11H22N2O2. The highest BCUT2D eigenvalue weighted by atomic mass is 16.3. The standard InChI is InChI=1S/C11H22N2O2/c1-9(2)6-12-11(15)7-13-5-3-4-10(13)8-14/h9-10,14H,3-8H2,1-2H3,(H,12,15)/t10-/m0/s1. The van der Waals surface area contributed by atoms with Crippen LogP contribution < -0.4 is 5.32 Å². The highest BCUT2D eigenvalue weighted by Crippen LogP contribution is 2.15. The molecule has 0 saturated carbocycles. The third-order valence-electron chi connectivity index (χ3n) is 2.76. The monoisotopic (exact) mass is 214 g/mol. The summed E-state index contributed by atoms with van der Waals surface area (Å²) in [5.74, 6) is 0.560. The van der Waals surface area contributed by atoms with Crippen LogP contribution in [0.25, 0.3) is 0 Å². The van der Waals surface area contributed by atoms with E-state index < -0.39 is 0 Å². The molecule has 15 heavy (non-hydrogen) atoms. The van der Waals surface area contributed by atoms with Gasteiger partial charge in [-0.2, -0.15) is 0 Å². The maximum atomic E-state index is 11.5. The van der Waals surface area contributed by atoms with Gasteiger partial charge in [0, 0.05) is 12.6 Å². The van der Waals surface area contributed by atoms with Crippen molar-refractivity contribution in [2.75, 3.05) is 26.2 Å². The van der Waals surface area contributed by atoms with Crippen molar-refractivity contribution in [3.63, 3.8) is 0 Å². The molecule has 0 bridgehead atoms. The first-order valence-electron chi connectivity index (χ1n) is 5.75. The van der Waals surface area contributed by atoms with Gasteiger partial charge in [-0.1, -0.05) is 13.8 Å². The largest absolute Gasteiger partial charge is 0.395 e. The number of hydrogen-bond acceptors (Lipinski definition) is 3. The number of aliphatic hydroxyl groups excluding tert-OH is 1. The van der Waals surface area contributed by atoms with Crippen LogP contribution in [0.5, 0.6) is 0 Å². The molecule has 1 rings (SSSR count). The number of nitrogens with zero attached hydrogens (tertiary/aromatic N) is 1. The third-order valence-corrected chi connectivity index (χ3v) is 2.76. The Hall–Kier alpha value is -0.610. The van der Waals surface area contributed by atoms with Gasteiger partial charge >= 0.3 is 0 Å². The molecule has 0 unspecified atom stereocenters. The summed E-state index contributed by atoms with van der Waals surface area (Å²) >= 11 is 0. The lowest BCUT2D eigenvalue weighted by molar-refractivity contribution is -0.122. The van der Waals surface area contributed by atoms with Gasteiger partial charge in [-0.25, -0.2) is 0 Å². The Balaban J connectivity index is 2.24. The Bertz CT molecular complexity index is 207. The molecule has 0 aliphatic carbocycles. The number of likely N-dealkylation sites (tertiary alicyclic amines) is 1. The van der Waals surface area contributed by atoms with Gasteiger partial charge < -0.3 is 10.4 Å². The summed E-state index contributed by atoms with van der Waals surface area (Å²) in [5, 5.41) is 12.0. The molecule has 4 heteroatoms. The zero-order valence-electron chi connectivity index (χ0n) is 9.70. The van der Waals surface area contributed by atoms with E-state index in [4.69, 9.17) is 5.11 Å². The number of nitrogens with one attached hydrogen (secondary N) is 1. The summed E-state index contributed by atoms with van der Waals surface area (Å²) in [6.07, 6.45) is 2.09. The lowest BCUT2D eigenvalue weighted by Crippen LogP contribution is -2.41. The van der Waals surface area contributed by atoms with Crippen molar-refractivity contribution < 1.29 is 9.90 Å². The Morgan fingerprint density at radius 2 is 2.33 bits per heavy atom. The van der Waals surface area contributed by atoms with E-state index in [9.17, 15) is 4.79 Å². The van der Waals surface area contributed by atoms with Gasteiger partial charge in [-0.3, -0.25) is 9.69 Å². The number of amides is 1. The Kier molecular flexibility index (Phi) is 5.05. The summed E-state index contributed by atoms with van der Waals surface area (Å²) in [6, 6.07) is 0.190. The lowest BCUT2D eigenvalue weighted by Gasteiger charge is -2.22. The van der Waals surface area contributed by atoms with Crippen LogP contribution in [-0.4, -0.2) is 48.2 Å². The predicted octanol–water partition coefficient (Wildman–Crippen LogP) is 0.215. The van der Waals surface area contributed by atoms with Crippen molar-refractivity contribution in [3.8, 4) is 0 Å². The van der Waals surface area contributed by atoms with Crippen LogP contribution in [0.3, 0.4) is 0 Å². The molecule has 0 radical (unpaired) electrons. The second kappa shape index (κ2) is 6.08. The van der Waals surface area contributed by atoms with E-state index in [0.717, 1.165) is 25.9 Å². The molecule has 4 nitrogen and oxygen atoms in total. The molecule has 0 spiro atoms. The highest BCUT2D eigenvalue weighted by Gasteiger charge is 2.25. The van der Waals surface area contributed by atoms with Crippen molar-refractivity contribution in [1.29, 1.82) is 0 Å². The van der Waals surface area contributed by atoms with Gasteiger partial charge in [0.2, 0.25) is 5.91 Å². The van der Waals surface area contributed by atoms with Crippen molar-refractivity contribution in [1.82, 2.24) is 10.2 Å². The van der Waals surface area contributed by atoms with Crippen molar-refractivity contribution in [2.45, 2.75) is 32.7 Å². The SMILES string of the molecule is CC(C)CNC(=O)CN1CCC[C@H]1CO. The van der Waals surface area contributed by atoms with E-state index in [0.29, 0.717) is 12.5 Å². The minimum atomic E-state index is 0.0732. The van der Waals surface area contributed by atoms with Crippen molar-refractivity contribution >= 4 is 5.91 Å². The highest BCUT2D eigenvalue weighted by molar-refractivity contribution is 5.78. The molecule has 2 N–H and O–H groups in total. The van der Waals surface area contributed by atoms with Gasteiger partial charge in [-0.15, -0.1) is 0 Å². The molecule has 1 heterocycles. The van der Waals surface area contributed by atoms with E-state index in [-0.39, 0.29) is 18.6 Å². The maximum absolute atomic E-state index is 11.5. The first-order chi connectivity index (χ1) is 7.13. The first-order valence-corrected chi connectivity index (χ1v) is 5.75. The van der Waals surface area contributed by atoms with Gasteiger partial charge in [0.15, 0.2) is 0 Å². The molecule has 0 aromatic rings. The maximum Gasteiger partial charge on any atom is 0.234 e. The predicted molar refractivity (Wildman–Crippen MR) is 59.5 cm³/mol. The fourth-order valence-electron chi connectivity index (χ4n) is 1.87. The van der Waals surface area contributed by atoms with Gasteiger partial charge in [0.1, 0.15) is 0 Å². The molecule has 1 atom stereocenters. The summed E-state index contributed by atoms with van der Waals surface area (Å²) in [5.41, 5.74) is 0. The molecular weight excluding hydrogens is 192 g/mol. The fourth-order valence-corrected chi connectivity index (χ4v) is 1.87. The van der Waals surface area contributed by atoms with E-state index in [2.05, 4.69) is 24.1 Å². The van der Waals surface area contributed by atoms with E-state index in [1.165, 1.54) is 0 Å². The van der Waals surface area contributed by atoms with E-state index >= 15 is 0 Å². The number of aliphatic hydroxyl groups is 1. The zero-order valence-corrected chi connectivity index (χ0v) is 9.70. The molecule has 1 aliphatic heterocycles. The minimum absolute atomic E-state index is 0.0732. The smallest absolute Gasteiger partial charge is 0.234 e. The molecule has 1 amide bonds. The zero-order chi connectivity index (χ0) is 11.3. The van der Waals surface area contributed by atoms with Gasteiger partial charge in [0.25, 0.3) is 0 Å². The molecule has 0 aromatic heterocycles. The topological polar surface area (TPSA) is 52.6 Å². The fraction of sp³-hybridized carbons (Fsp3) is 0.909. The quantitative estimate of drug-likeness (QED) is 0.688. The normalized spacial score (nSPS) is 22.3. The lowest BCUT2D eigenvalue weighted by atomic mass is 10.2. The Labute approximate surface area is 91.6 Å². The van der Waals surface area contributed by atoms with Crippen LogP contribution in [0, 0.1) is 5.92 Å². The second-order valence-electron chi connectivity index (χ2n) is 4.65. The van der Waals surface area contributed by atoms with Crippen LogP contribution in [0.4, 0.5) is 0 Å². The van der Waals surface area contributed by atoms with Crippen LogP contribution >= 0.6 is 0 Å². The Morgan fingerprint density at radius 1 is 1.60 bits per heavy atom. The second-order valence-corrected chi connectivity index (χ2v) is 4.65. The van der Waals surface area contributed by atoms with Gasteiger partial charge in [0.05, 0.1) is 13.2 Å². The summed E-state index contributed by atoms with van der Waals surface area (Å²) in [6.45, 7) is 6.41. The minimum Gasteiger partial charge on any atom is -0.395 e. The van der Waals surface area contributed by atoms with Crippen molar-refractivity contribution in [3.05, 3.63) is 0 Å². The molecule has 88 valence electrons. The molecule has 1 fully saturated rings. The Morgan fingerprint density at radius 3 is 2.93 bits per heavy atom. The summed E-state index contributed by atoms with van der Waals surface area (Å²) in [4.78, 5) is 13.6. The molecule has 0 aromatic carbocycles. The van der Waals surface area contributed by atoms with Crippen LogP contribution in [-0.2, 0) is 4.79 Å². The van der Waals surface area contributed by atoms with E-state index in [1.54, 1.807) is 0 Å². The summed E-state index contributed by atoms with van der Waals surface area (Å²) < 4.78 is 0. The van der Waals surface area contributed by atoms with Crippen molar-refractivity contribution in [2.24, 2.45) is 5.92 Å². The number of hydrogen-bond donors (Lipinski definition) is 2. The summed E-state index contributed by atoms with van der Waals surface area (Å²) in [7, 11) is 0. The average molecular weight is 214 g/mol. The number of carbonyl (C=O) groups is 1. The molecule has 1 saturated heterocycles. The van der Waals surface area contributed by atoms with Crippen LogP contribution in [0.1, 0.15) is 26.7 Å². The molecule has 1 aliphatic rings.